The minimum absolute atomic E-state index is 0.0753. The number of piperidine rings is 1. The Morgan fingerprint density at radius 1 is 1.05 bits per heavy atom. The monoisotopic (exact) mass is 582 g/mol. The van der Waals surface area contributed by atoms with Gasteiger partial charge in [0, 0.05) is 68.6 Å². The molecule has 42 heavy (non-hydrogen) atoms. The van der Waals surface area contributed by atoms with Crippen LogP contribution in [0, 0.1) is 0 Å². The summed E-state index contributed by atoms with van der Waals surface area (Å²) < 4.78 is 38.7. The van der Waals surface area contributed by atoms with Gasteiger partial charge in [-0.3, -0.25) is 14.6 Å². The van der Waals surface area contributed by atoms with E-state index in [2.05, 4.69) is 34.7 Å². The van der Waals surface area contributed by atoms with Crippen LogP contribution in [-0.4, -0.2) is 64.5 Å². The fraction of sp³-hybridized carbons (Fsp3) is 0.344. The number of anilines is 2. The zero-order valence-corrected chi connectivity index (χ0v) is 24.0. The van der Waals surface area contributed by atoms with E-state index < -0.39 is 11.7 Å². The van der Waals surface area contributed by atoms with Gasteiger partial charge in [-0.1, -0.05) is 24.3 Å². The SMILES string of the molecule is CC(C)N1CCC(N(Cc2cccc(N(C)c3ccncc3)c2)C(=O)/C=C/c2ccc(C(F)(F)F)cc2)CC1.O=CO. The fourth-order valence-electron chi connectivity index (χ4n) is 4.92. The van der Waals surface area contributed by atoms with Gasteiger partial charge in [-0.25, -0.2) is 0 Å². The second-order valence-electron chi connectivity index (χ2n) is 10.3. The molecular weight excluding hydrogens is 545 g/mol. The van der Waals surface area contributed by atoms with Crippen LogP contribution in [0.5, 0.6) is 0 Å². The van der Waals surface area contributed by atoms with E-state index in [0.29, 0.717) is 18.2 Å². The number of carbonyl (C=O) groups excluding carboxylic acids is 1. The Kier molecular flexibility index (Phi) is 11.7. The third-order valence-electron chi connectivity index (χ3n) is 7.31. The van der Waals surface area contributed by atoms with Crippen molar-refractivity contribution < 1.29 is 27.9 Å². The number of amides is 1. The Morgan fingerprint density at radius 2 is 1.67 bits per heavy atom. The van der Waals surface area contributed by atoms with Crippen molar-refractivity contribution in [3.63, 3.8) is 0 Å². The van der Waals surface area contributed by atoms with E-state index in [-0.39, 0.29) is 18.4 Å². The molecule has 0 saturated carbocycles. The van der Waals surface area contributed by atoms with Gasteiger partial charge in [0.1, 0.15) is 0 Å². The molecule has 1 fully saturated rings. The van der Waals surface area contributed by atoms with E-state index >= 15 is 0 Å². The zero-order chi connectivity index (χ0) is 30.7. The number of hydrogen-bond donors (Lipinski definition) is 1. The lowest BCUT2D eigenvalue weighted by Crippen LogP contribution is -2.48. The minimum atomic E-state index is -4.39. The van der Waals surface area contributed by atoms with Crippen molar-refractivity contribution in [2.75, 3.05) is 25.0 Å². The van der Waals surface area contributed by atoms with Crippen LogP contribution >= 0.6 is 0 Å². The highest BCUT2D eigenvalue weighted by atomic mass is 19.4. The number of rotatable bonds is 8. The first-order chi connectivity index (χ1) is 20.0. The van der Waals surface area contributed by atoms with E-state index in [9.17, 15) is 18.0 Å². The number of benzene rings is 2. The third-order valence-corrected chi connectivity index (χ3v) is 7.31. The van der Waals surface area contributed by atoms with Crippen LogP contribution in [0.1, 0.15) is 43.4 Å². The van der Waals surface area contributed by atoms with E-state index in [1.807, 2.05) is 42.3 Å². The van der Waals surface area contributed by atoms with Crippen LogP contribution in [0.15, 0.2) is 79.1 Å². The number of halogens is 3. The maximum Gasteiger partial charge on any atom is 0.416 e. The van der Waals surface area contributed by atoms with Crippen LogP contribution in [0.25, 0.3) is 6.08 Å². The molecule has 0 radical (unpaired) electrons. The number of hydrogen-bond acceptors (Lipinski definition) is 5. The summed E-state index contributed by atoms with van der Waals surface area (Å²) in [6.45, 7) is 6.39. The van der Waals surface area contributed by atoms with Crippen molar-refractivity contribution >= 4 is 29.8 Å². The van der Waals surface area contributed by atoms with Gasteiger partial charge in [0.05, 0.1) is 5.56 Å². The lowest BCUT2D eigenvalue weighted by Gasteiger charge is -2.40. The maximum absolute atomic E-state index is 13.5. The number of nitrogens with zero attached hydrogens (tertiary/aromatic N) is 4. The van der Waals surface area contributed by atoms with Crippen LogP contribution in [0.4, 0.5) is 24.5 Å². The number of carbonyl (C=O) groups is 2. The molecule has 0 atom stereocenters. The highest BCUT2D eigenvalue weighted by Gasteiger charge is 2.30. The summed E-state index contributed by atoms with van der Waals surface area (Å²) in [5, 5.41) is 6.89. The average Bonchev–Trinajstić information content (AvgIpc) is 2.99. The number of carboxylic acid groups (broad SMARTS) is 1. The van der Waals surface area contributed by atoms with Gasteiger partial charge in [0.15, 0.2) is 0 Å². The van der Waals surface area contributed by atoms with Gasteiger partial charge in [-0.05, 0) is 80.3 Å². The zero-order valence-electron chi connectivity index (χ0n) is 24.0. The standard InChI is InChI=1S/C31H35F3N4O.CH2O2/c1-23(2)37-19-15-28(16-20-37)38(30(39)12-9-24-7-10-26(11-8-24)31(32,33)34)22-25-5-4-6-29(21-25)36(3)27-13-17-35-18-14-27;2-1-3/h4-14,17-18,21,23,28H,15-16,19-20,22H2,1-3H3;1H,(H,2,3)/b12-9+;. The molecule has 2 heterocycles. The second-order valence-corrected chi connectivity index (χ2v) is 10.3. The van der Waals surface area contributed by atoms with E-state index in [1.165, 1.54) is 18.2 Å². The Labute approximate surface area is 244 Å². The highest BCUT2D eigenvalue weighted by molar-refractivity contribution is 5.92. The Hall–Kier alpha value is -4.18. The predicted molar refractivity (Wildman–Crippen MR) is 158 cm³/mol. The molecule has 10 heteroatoms. The summed E-state index contributed by atoms with van der Waals surface area (Å²) in [5.41, 5.74) is 2.86. The molecule has 1 aliphatic rings. The minimum Gasteiger partial charge on any atom is -0.483 e. The summed E-state index contributed by atoms with van der Waals surface area (Å²) in [6, 6.07) is 17.4. The van der Waals surface area contributed by atoms with Crippen LogP contribution in [-0.2, 0) is 22.3 Å². The molecule has 2 aromatic carbocycles. The fourth-order valence-corrected chi connectivity index (χ4v) is 4.92. The summed E-state index contributed by atoms with van der Waals surface area (Å²) in [7, 11) is 1.99. The first kappa shape index (κ1) is 32.3. The Bertz CT molecular complexity index is 1310. The molecular formula is C32H37F3N4O3. The molecule has 3 aromatic rings. The first-order valence-corrected chi connectivity index (χ1v) is 13.7. The van der Waals surface area contributed by atoms with Crippen LogP contribution < -0.4 is 4.90 Å². The Balaban J connectivity index is 0.00000155. The average molecular weight is 583 g/mol. The Morgan fingerprint density at radius 3 is 2.24 bits per heavy atom. The normalized spacial score (nSPS) is 14.4. The molecule has 7 nitrogen and oxygen atoms in total. The largest absolute Gasteiger partial charge is 0.483 e. The quantitative estimate of drug-likeness (QED) is 0.242. The van der Waals surface area contributed by atoms with Crippen molar-refractivity contribution in [1.29, 1.82) is 0 Å². The molecule has 224 valence electrons. The summed E-state index contributed by atoms with van der Waals surface area (Å²) in [5.74, 6) is -0.147. The molecule has 1 N–H and O–H groups in total. The molecule has 1 aliphatic heterocycles. The maximum atomic E-state index is 13.5. The predicted octanol–water partition coefficient (Wildman–Crippen LogP) is 6.48. The summed E-state index contributed by atoms with van der Waals surface area (Å²) in [6.07, 6.45) is 3.92. The smallest absolute Gasteiger partial charge is 0.416 e. The van der Waals surface area contributed by atoms with Crippen molar-refractivity contribution in [2.24, 2.45) is 0 Å². The second kappa shape index (κ2) is 15.2. The lowest BCUT2D eigenvalue weighted by atomic mass is 10.0. The van der Waals surface area contributed by atoms with Crippen LogP contribution in [0.2, 0.25) is 0 Å². The van der Waals surface area contributed by atoms with Crippen molar-refractivity contribution in [3.8, 4) is 0 Å². The molecule has 1 aromatic heterocycles. The number of aromatic nitrogens is 1. The molecule has 4 rings (SSSR count). The number of alkyl halides is 3. The summed E-state index contributed by atoms with van der Waals surface area (Å²) >= 11 is 0. The van der Waals surface area contributed by atoms with Gasteiger partial charge < -0.3 is 19.8 Å². The third kappa shape index (κ3) is 9.17. The molecule has 1 saturated heterocycles. The molecule has 0 unspecified atom stereocenters. The van der Waals surface area contributed by atoms with E-state index in [0.717, 1.165) is 55.0 Å². The van der Waals surface area contributed by atoms with Crippen molar-refractivity contribution in [3.05, 3.63) is 95.8 Å². The number of likely N-dealkylation sites (tertiary alicyclic amines) is 1. The van der Waals surface area contributed by atoms with Crippen LogP contribution in [0.3, 0.4) is 0 Å². The molecule has 0 aliphatic carbocycles. The van der Waals surface area contributed by atoms with Gasteiger partial charge in [0.2, 0.25) is 5.91 Å². The molecule has 0 bridgehead atoms. The van der Waals surface area contributed by atoms with Gasteiger partial charge in [0.25, 0.3) is 6.47 Å². The lowest BCUT2D eigenvalue weighted by molar-refractivity contribution is -0.137. The van der Waals surface area contributed by atoms with Gasteiger partial charge in [-0.2, -0.15) is 13.2 Å². The van der Waals surface area contributed by atoms with Gasteiger partial charge >= 0.3 is 6.18 Å². The number of pyridine rings is 1. The summed E-state index contributed by atoms with van der Waals surface area (Å²) in [4.78, 5) is 32.4. The van der Waals surface area contributed by atoms with Crippen molar-refractivity contribution in [2.45, 2.75) is 51.5 Å². The molecule has 1 amide bonds. The first-order valence-electron chi connectivity index (χ1n) is 13.7. The van der Waals surface area contributed by atoms with E-state index in [4.69, 9.17) is 9.90 Å². The van der Waals surface area contributed by atoms with Gasteiger partial charge in [-0.15, -0.1) is 0 Å². The molecule has 0 spiro atoms. The van der Waals surface area contributed by atoms with E-state index in [1.54, 1.807) is 18.5 Å². The topological polar surface area (TPSA) is 77.0 Å². The van der Waals surface area contributed by atoms with Crippen molar-refractivity contribution in [1.82, 2.24) is 14.8 Å². The highest BCUT2D eigenvalue weighted by Crippen LogP contribution is 2.30.